The van der Waals surface area contributed by atoms with Gasteiger partial charge in [0.25, 0.3) is 0 Å². The molecule has 7 rings (SSSR count). The van der Waals surface area contributed by atoms with Gasteiger partial charge in [0.15, 0.2) is 0 Å². The summed E-state index contributed by atoms with van der Waals surface area (Å²) in [6.45, 7) is 8.92. The predicted molar refractivity (Wildman–Crippen MR) is 193 cm³/mol. The van der Waals surface area contributed by atoms with Crippen LogP contribution in [-0.2, 0) is 10.0 Å². The molecule has 4 heterocycles. The number of methoxy groups -OCH3 is 1. The number of nitrogens with one attached hydrogen (secondary N) is 3. The van der Waals surface area contributed by atoms with E-state index in [0.29, 0.717) is 56.6 Å². The Balaban J connectivity index is 1.11. The first-order valence-corrected chi connectivity index (χ1v) is 18.9. The van der Waals surface area contributed by atoms with Gasteiger partial charge in [-0.1, -0.05) is 0 Å². The van der Waals surface area contributed by atoms with Gasteiger partial charge in [-0.3, -0.25) is 19.6 Å². The van der Waals surface area contributed by atoms with Gasteiger partial charge < -0.3 is 25.2 Å². The van der Waals surface area contributed by atoms with Crippen molar-refractivity contribution in [1.29, 1.82) is 0 Å². The standard InChI is InChI=1S/C33H41BrN10O3S/c1-20-15-26(28(47-3)16-27(20)44-18-21-5-6-22(19-44)31(21)43-13-11-42(2)12-14-43)39-33-37-17-23(34)32(40-33)38-25-8-7-24-29(36-10-9-35-24)30(25)41-48(4,45)46/h7-10,15-17,21-22,31,41H,5-6,11-14,18-19H2,1-4H3,(H2,37,38,39,40). The second kappa shape index (κ2) is 13.3. The number of sulfonamides is 1. The quantitative estimate of drug-likeness (QED) is 0.217. The van der Waals surface area contributed by atoms with Crippen LogP contribution in [0, 0.1) is 18.8 Å². The first-order valence-electron chi connectivity index (χ1n) is 16.2. The first-order chi connectivity index (χ1) is 23.1. The molecule has 2 saturated heterocycles. The molecule has 3 N–H and O–H groups in total. The lowest BCUT2D eigenvalue weighted by molar-refractivity contribution is 0.0633. The van der Waals surface area contributed by atoms with E-state index in [9.17, 15) is 8.42 Å². The van der Waals surface area contributed by atoms with Crippen molar-refractivity contribution in [1.82, 2.24) is 29.7 Å². The average molecular weight is 738 g/mol. The Hall–Kier alpha value is -3.79. The maximum Gasteiger partial charge on any atom is 0.229 e. The number of benzene rings is 2. The number of hydrogen-bond donors (Lipinski definition) is 3. The number of hydrogen-bond acceptors (Lipinski definition) is 12. The van der Waals surface area contributed by atoms with Gasteiger partial charge in [-0.05, 0) is 78.3 Å². The summed E-state index contributed by atoms with van der Waals surface area (Å²) in [5.41, 5.74) is 4.81. The third-order valence-electron chi connectivity index (χ3n) is 9.77. The number of likely N-dealkylation sites (N-methyl/N-ethyl adjacent to an activating group) is 1. The van der Waals surface area contributed by atoms with Crippen molar-refractivity contribution in [3.05, 3.63) is 52.9 Å². The lowest BCUT2D eigenvalue weighted by Crippen LogP contribution is -2.57. The van der Waals surface area contributed by atoms with Crippen LogP contribution in [0.5, 0.6) is 5.75 Å². The summed E-state index contributed by atoms with van der Waals surface area (Å²) >= 11 is 3.53. The second-order valence-corrected chi connectivity index (χ2v) is 15.7. The van der Waals surface area contributed by atoms with Gasteiger partial charge in [0.05, 0.1) is 40.4 Å². The smallest absolute Gasteiger partial charge is 0.229 e. The van der Waals surface area contributed by atoms with Crippen molar-refractivity contribution in [2.75, 3.05) is 79.9 Å². The van der Waals surface area contributed by atoms with Gasteiger partial charge in [0, 0.05) is 75.7 Å². The molecule has 3 fully saturated rings. The molecule has 15 heteroatoms. The highest BCUT2D eigenvalue weighted by Crippen LogP contribution is 2.44. The Kier molecular flexibility index (Phi) is 9.04. The van der Waals surface area contributed by atoms with Crippen LogP contribution in [0.1, 0.15) is 18.4 Å². The number of anilines is 6. The Morgan fingerprint density at radius 1 is 0.958 bits per heavy atom. The van der Waals surface area contributed by atoms with E-state index >= 15 is 0 Å². The van der Waals surface area contributed by atoms with E-state index in [0.717, 1.165) is 43.7 Å². The minimum Gasteiger partial charge on any atom is -0.494 e. The monoisotopic (exact) mass is 736 g/mol. The van der Waals surface area contributed by atoms with E-state index in [1.165, 1.54) is 37.8 Å². The van der Waals surface area contributed by atoms with Crippen LogP contribution >= 0.6 is 15.9 Å². The third kappa shape index (κ3) is 6.73. The van der Waals surface area contributed by atoms with E-state index in [1.807, 2.05) is 0 Å². The highest BCUT2D eigenvalue weighted by Gasteiger charge is 2.45. The number of halogens is 1. The van der Waals surface area contributed by atoms with Crippen LogP contribution in [-0.4, -0.2) is 104 Å². The molecular formula is C33H41BrN10O3S. The van der Waals surface area contributed by atoms with Gasteiger partial charge in [-0.25, -0.2) is 13.4 Å². The zero-order valence-electron chi connectivity index (χ0n) is 27.6. The molecular weight excluding hydrogens is 696 g/mol. The average Bonchev–Trinajstić information content (AvgIpc) is 3.32. The van der Waals surface area contributed by atoms with Crippen molar-refractivity contribution < 1.29 is 13.2 Å². The summed E-state index contributed by atoms with van der Waals surface area (Å²) in [5.74, 6) is 2.84. The van der Waals surface area contributed by atoms with E-state index in [2.05, 4.69) is 87.0 Å². The molecule has 48 heavy (non-hydrogen) atoms. The van der Waals surface area contributed by atoms with Crippen LogP contribution < -0.4 is 25.0 Å². The molecule has 1 aliphatic carbocycles. The zero-order chi connectivity index (χ0) is 33.6. The van der Waals surface area contributed by atoms with Gasteiger partial charge in [0.1, 0.15) is 17.1 Å². The highest BCUT2D eigenvalue weighted by molar-refractivity contribution is 9.10. The fraction of sp³-hybridized carbons (Fsp3) is 0.455. The zero-order valence-corrected chi connectivity index (χ0v) is 30.0. The molecule has 2 aliphatic heterocycles. The van der Waals surface area contributed by atoms with Crippen molar-refractivity contribution in [2.24, 2.45) is 11.8 Å². The Bertz CT molecular complexity index is 1920. The topological polar surface area (TPSA) is 141 Å². The van der Waals surface area contributed by atoms with E-state index in [-0.39, 0.29) is 5.69 Å². The summed E-state index contributed by atoms with van der Waals surface area (Å²) in [4.78, 5) is 25.6. The molecule has 2 aromatic heterocycles. The molecule has 254 valence electrons. The minimum atomic E-state index is -3.61. The number of aryl methyl sites for hydroxylation is 1. The largest absolute Gasteiger partial charge is 0.494 e. The molecule has 0 spiro atoms. The number of nitrogens with zero attached hydrogens (tertiary/aromatic N) is 7. The Morgan fingerprint density at radius 3 is 2.40 bits per heavy atom. The molecule has 2 unspecified atom stereocenters. The molecule has 0 amide bonds. The molecule has 13 nitrogen and oxygen atoms in total. The summed E-state index contributed by atoms with van der Waals surface area (Å²) in [6.07, 6.45) is 8.39. The van der Waals surface area contributed by atoms with Crippen molar-refractivity contribution >= 4 is 71.5 Å². The van der Waals surface area contributed by atoms with E-state index in [1.54, 1.807) is 31.6 Å². The van der Waals surface area contributed by atoms with Gasteiger partial charge in [-0.2, -0.15) is 4.98 Å². The summed E-state index contributed by atoms with van der Waals surface area (Å²) in [7, 11) is 0.287. The van der Waals surface area contributed by atoms with Crippen LogP contribution in [0.4, 0.5) is 34.5 Å². The van der Waals surface area contributed by atoms with E-state index in [4.69, 9.17) is 9.72 Å². The fourth-order valence-corrected chi connectivity index (χ4v) is 8.45. The summed E-state index contributed by atoms with van der Waals surface area (Å²) < 4.78 is 33.6. The van der Waals surface area contributed by atoms with Crippen LogP contribution in [0.25, 0.3) is 11.0 Å². The van der Waals surface area contributed by atoms with Crippen molar-refractivity contribution in [3.63, 3.8) is 0 Å². The Morgan fingerprint density at radius 2 is 1.69 bits per heavy atom. The maximum atomic E-state index is 12.3. The minimum absolute atomic E-state index is 0.275. The van der Waals surface area contributed by atoms with E-state index < -0.39 is 10.0 Å². The molecule has 4 aromatic rings. The number of piperidine rings is 1. The van der Waals surface area contributed by atoms with Crippen LogP contribution in [0.2, 0.25) is 0 Å². The van der Waals surface area contributed by atoms with Crippen molar-refractivity contribution in [2.45, 2.75) is 25.8 Å². The number of fused-ring (bicyclic) bond motifs is 3. The second-order valence-electron chi connectivity index (χ2n) is 13.1. The summed E-state index contributed by atoms with van der Waals surface area (Å²) in [5, 5.41) is 6.58. The number of rotatable bonds is 9. The maximum absolute atomic E-state index is 12.3. The summed E-state index contributed by atoms with van der Waals surface area (Å²) in [6, 6.07) is 8.41. The number of ether oxygens (including phenoxy) is 1. The highest BCUT2D eigenvalue weighted by atomic mass is 79.9. The Labute approximate surface area is 289 Å². The van der Waals surface area contributed by atoms with Gasteiger partial charge >= 0.3 is 0 Å². The van der Waals surface area contributed by atoms with Gasteiger partial charge in [-0.15, -0.1) is 0 Å². The molecule has 2 aromatic carbocycles. The third-order valence-corrected chi connectivity index (χ3v) is 10.9. The van der Waals surface area contributed by atoms with Crippen LogP contribution in [0.3, 0.4) is 0 Å². The number of aromatic nitrogens is 4. The fourth-order valence-electron chi connectivity index (χ4n) is 7.58. The molecule has 2 atom stereocenters. The van der Waals surface area contributed by atoms with Crippen LogP contribution in [0.15, 0.2) is 47.3 Å². The normalized spacial score (nSPS) is 21.8. The molecule has 3 aliphatic rings. The number of piperazine rings is 1. The van der Waals surface area contributed by atoms with Gasteiger partial charge in [0.2, 0.25) is 16.0 Å². The first kappa shape index (κ1) is 32.7. The van der Waals surface area contributed by atoms with Crippen molar-refractivity contribution in [3.8, 4) is 5.75 Å². The SMILES string of the molecule is COc1cc(N2CC3CCC(C2)C3N2CCN(C)CC2)c(C)cc1Nc1ncc(Br)c(Nc2ccc3nccnc3c2NS(C)(=O)=O)n1. The molecule has 1 saturated carbocycles. The molecule has 0 radical (unpaired) electrons. The molecule has 2 bridgehead atoms. The predicted octanol–water partition coefficient (Wildman–Crippen LogP) is 4.82. The lowest BCUT2D eigenvalue weighted by atomic mass is 9.89. The lowest BCUT2D eigenvalue weighted by Gasteiger charge is -2.47.